The van der Waals surface area contributed by atoms with Crippen molar-refractivity contribution in [1.82, 2.24) is 10.3 Å². The lowest BCUT2D eigenvalue weighted by Crippen LogP contribution is -2.15. The van der Waals surface area contributed by atoms with Crippen molar-refractivity contribution in [3.05, 3.63) is 45.9 Å². The van der Waals surface area contributed by atoms with Gasteiger partial charge in [0, 0.05) is 18.8 Å². The van der Waals surface area contributed by atoms with Gasteiger partial charge < -0.3 is 10.1 Å². The molecule has 0 saturated heterocycles. The Morgan fingerprint density at radius 1 is 1.32 bits per heavy atom. The van der Waals surface area contributed by atoms with Crippen molar-refractivity contribution in [3.8, 4) is 5.75 Å². The number of thiazole rings is 1. The summed E-state index contributed by atoms with van der Waals surface area (Å²) in [5.74, 6) is 0.918. The zero-order valence-corrected chi connectivity index (χ0v) is 11.9. The highest BCUT2D eigenvalue weighted by Gasteiger charge is 2.19. The van der Waals surface area contributed by atoms with Crippen LogP contribution in [0.3, 0.4) is 0 Å². The second-order valence-electron chi connectivity index (χ2n) is 4.93. The number of nitrogens with zero attached hydrogens (tertiary/aromatic N) is 1. The normalized spacial score (nSPS) is 14.6. The first-order valence-corrected chi connectivity index (χ1v) is 7.48. The van der Waals surface area contributed by atoms with Gasteiger partial charge in [0.05, 0.1) is 9.88 Å². The second-order valence-corrected chi connectivity index (χ2v) is 6.25. The number of nitrogens with one attached hydrogen (secondary N) is 1. The Morgan fingerprint density at radius 3 is 2.74 bits per heavy atom. The zero-order chi connectivity index (χ0) is 13.1. The Balaban J connectivity index is 1.50. The first-order valence-electron chi connectivity index (χ1n) is 6.66. The summed E-state index contributed by atoms with van der Waals surface area (Å²) in [6.45, 7) is 3.57. The number of ether oxygens (including phenoxy) is 1. The molecule has 1 aliphatic carbocycles. The Kier molecular flexibility index (Phi) is 3.80. The van der Waals surface area contributed by atoms with Crippen molar-refractivity contribution in [2.45, 2.75) is 39.0 Å². The van der Waals surface area contributed by atoms with E-state index in [1.54, 1.807) is 11.3 Å². The minimum atomic E-state index is 0.602. The molecule has 0 aliphatic heterocycles. The van der Waals surface area contributed by atoms with E-state index < -0.39 is 0 Å². The van der Waals surface area contributed by atoms with Gasteiger partial charge in [-0.2, -0.15) is 0 Å². The number of aryl methyl sites for hydroxylation is 1. The minimum Gasteiger partial charge on any atom is -0.488 e. The monoisotopic (exact) mass is 274 g/mol. The molecule has 1 fully saturated rings. The van der Waals surface area contributed by atoms with Crippen molar-refractivity contribution >= 4 is 11.3 Å². The van der Waals surface area contributed by atoms with E-state index in [9.17, 15) is 0 Å². The topological polar surface area (TPSA) is 34.1 Å². The highest BCUT2D eigenvalue weighted by atomic mass is 32.1. The molecular formula is C15H18N2OS. The van der Waals surface area contributed by atoms with Gasteiger partial charge in [0.2, 0.25) is 0 Å². The number of aromatic nitrogens is 1. The fourth-order valence-corrected chi connectivity index (χ4v) is 2.59. The molecule has 2 aromatic rings. The Bertz CT molecular complexity index is 531. The van der Waals surface area contributed by atoms with Crippen molar-refractivity contribution in [1.29, 1.82) is 0 Å². The number of rotatable bonds is 6. The average Bonchev–Trinajstić information content (AvgIpc) is 3.17. The lowest BCUT2D eigenvalue weighted by atomic mass is 10.2. The molecule has 1 aromatic heterocycles. The van der Waals surface area contributed by atoms with E-state index in [2.05, 4.69) is 22.4 Å². The number of hydrogen-bond donors (Lipinski definition) is 1. The summed E-state index contributed by atoms with van der Waals surface area (Å²) in [5.41, 5.74) is 1.31. The third-order valence-electron chi connectivity index (χ3n) is 3.15. The summed E-state index contributed by atoms with van der Waals surface area (Å²) >= 11 is 1.68. The summed E-state index contributed by atoms with van der Waals surface area (Å²) in [5, 5.41) is 4.59. The molecule has 1 heterocycles. The van der Waals surface area contributed by atoms with Crippen molar-refractivity contribution in [2.75, 3.05) is 0 Å². The molecular weight excluding hydrogens is 256 g/mol. The van der Waals surface area contributed by atoms with Crippen LogP contribution in [-0.4, -0.2) is 11.0 Å². The fraction of sp³-hybridized carbons (Fsp3) is 0.400. The van der Waals surface area contributed by atoms with Crippen LogP contribution >= 0.6 is 11.3 Å². The van der Waals surface area contributed by atoms with E-state index in [0.29, 0.717) is 6.61 Å². The highest BCUT2D eigenvalue weighted by Crippen LogP contribution is 2.20. The summed E-state index contributed by atoms with van der Waals surface area (Å²) in [6, 6.07) is 9.09. The Hall–Kier alpha value is -1.39. The van der Waals surface area contributed by atoms with E-state index in [-0.39, 0.29) is 0 Å². The molecule has 0 spiro atoms. The van der Waals surface area contributed by atoms with Gasteiger partial charge in [0.25, 0.3) is 0 Å². The van der Waals surface area contributed by atoms with Gasteiger partial charge in [0.15, 0.2) is 0 Å². The molecule has 19 heavy (non-hydrogen) atoms. The van der Waals surface area contributed by atoms with Crippen LogP contribution in [0.2, 0.25) is 0 Å². The molecule has 3 rings (SSSR count). The fourth-order valence-electron chi connectivity index (χ4n) is 1.88. The van der Waals surface area contributed by atoms with Gasteiger partial charge in [-0.05, 0) is 37.5 Å². The number of benzene rings is 1. The largest absolute Gasteiger partial charge is 0.488 e. The maximum atomic E-state index is 5.75. The molecule has 3 nitrogen and oxygen atoms in total. The van der Waals surface area contributed by atoms with Gasteiger partial charge in [-0.15, -0.1) is 11.3 Å². The Morgan fingerprint density at radius 2 is 2.11 bits per heavy atom. The van der Waals surface area contributed by atoms with E-state index in [0.717, 1.165) is 28.2 Å². The molecule has 1 saturated carbocycles. The first kappa shape index (κ1) is 12.6. The lowest BCUT2D eigenvalue weighted by molar-refractivity contribution is 0.309. The molecule has 1 N–H and O–H groups in total. The molecule has 0 unspecified atom stereocenters. The molecule has 0 radical (unpaired) electrons. The molecule has 4 heteroatoms. The van der Waals surface area contributed by atoms with E-state index in [1.165, 1.54) is 18.4 Å². The van der Waals surface area contributed by atoms with E-state index in [4.69, 9.17) is 4.74 Å². The first-order chi connectivity index (χ1) is 9.29. The lowest BCUT2D eigenvalue weighted by Gasteiger charge is -2.06. The molecule has 1 aliphatic rings. The van der Waals surface area contributed by atoms with Crippen LogP contribution in [0, 0.1) is 6.92 Å². The molecule has 0 atom stereocenters. The van der Waals surface area contributed by atoms with Gasteiger partial charge in [-0.25, -0.2) is 4.98 Å². The average molecular weight is 274 g/mol. The SMILES string of the molecule is Cc1ncc(COc2ccc(CNC3CC3)cc2)s1. The van der Waals surface area contributed by atoms with Gasteiger partial charge in [-0.3, -0.25) is 0 Å². The third kappa shape index (κ3) is 3.78. The van der Waals surface area contributed by atoms with Crippen LogP contribution in [-0.2, 0) is 13.2 Å². The predicted molar refractivity (Wildman–Crippen MR) is 77.5 cm³/mol. The van der Waals surface area contributed by atoms with E-state index >= 15 is 0 Å². The van der Waals surface area contributed by atoms with Crippen molar-refractivity contribution < 1.29 is 4.74 Å². The van der Waals surface area contributed by atoms with Gasteiger partial charge >= 0.3 is 0 Å². The standard InChI is InChI=1S/C15H18N2OS/c1-11-16-9-15(19-11)10-18-14-6-2-12(3-7-14)8-17-13-4-5-13/h2-3,6-7,9,13,17H,4-5,8,10H2,1H3. The smallest absolute Gasteiger partial charge is 0.124 e. The highest BCUT2D eigenvalue weighted by molar-refractivity contribution is 7.11. The third-order valence-corrected chi connectivity index (χ3v) is 4.03. The molecule has 100 valence electrons. The predicted octanol–water partition coefficient (Wildman–Crippen LogP) is 3.28. The summed E-state index contributed by atoms with van der Waals surface area (Å²) < 4.78 is 5.75. The van der Waals surface area contributed by atoms with Crippen LogP contribution in [0.5, 0.6) is 5.75 Å². The van der Waals surface area contributed by atoms with Gasteiger partial charge in [0.1, 0.15) is 12.4 Å². The molecule has 0 bridgehead atoms. The molecule has 0 amide bonds. The van der Waals surface area contributed by atoms with Crippen LogP contribution in [0.4, 0.5) is 0 Å². The summed E-state index contributed by atoms with van der Waals surface area (Å²) in [4.78, 5) is 5.38. The Labute approximate surface area is 117 Å². The van der Waals surface area contributed by atoms with Crippen LogP contribution in [0.1, 0.15) is 28.3 Å². The van der Waals surface area contributed by atoms with Gasteiger partial charge in [-0.1, -0.05) is 12.1 Å². The minimum absolute atomic E-state index is 0.602. The van der Waals surface area contributed by atoms with Crippen molar-refractivity contribution in [2.24, 2.45) is 0 Å². The summed E-state index contributed by atoms with van der Waals surface area (Å²) in [7, 11) is 0. The maximum Gasteiger partial charge on any atom is 0.124 e. The second kappa shape index (κ2) is 5.72. The summed E-state index contributed by atoms with van der Waals surface area (Å²) in [6.07, 6.45) is 4.54. The van der Waals surface area contributed by atoms with Crippen LogP contribution < -0.4 is 10.1 Å². The quantitative estimate of drug-likeness (QED) is 0.877. The van der Waals surface area contributed by atoms with Crippen LogP contribution in [0.25, 0.3) is 0 Å². The maximum absolute atomic E-state index is 5.75. The van der Waals surface area contributed by atoms with Crippen molar-refractivity contribution in [3.63, 3.8) is 0 Å². The molecule has 1 aromatic carbocycles. The van der Waals surface area contributed by atoms with E-state index in [1.807, 2.05) is 25.3 Å². The van der Waals surface area contributed by atoms with Crippen LogP contribution in [0.15, 0.2) is 30.5 Å². The zero-order valence-electron chi connectivity index (χ0n) is 11.1. The number of hydrogen-bond acceptors (Lipinski definition) is 4.